The van der Waals surface area contributed by atoms with Crippen LogP contribution in [0.15, 0.2) is 41.8 Å². The molecule has 2 aliphatic heterocycles. The highest BCUT2D eigenvalue weighted by Gasteiger charge is 2.33. The molecular formula is C20H23N3O3S. The average molecular weight is 385 g/mol. The Labute approximate surface area is 162 Å². The largest absolute Gasteiger partial charge is 0.465 e. The molecule has 0 radical (unpaired) electrons. The molecule has 6 nitrogen and oxygen atoms in total. The van der Waals surface area contributed by atoms with Gasteiger partial charge >= 0.3 is 6.09 Å². The van der Waals surface area contributed by atoms with Gasteiger partial charge in [-0.2, -0.15) is 0 Å². The number of carbonyl (C=O) groups excluding carboxylic acids is 1. The van der Waals surface area contributed by atoms with E-state index >= 15 is 0 Å². The van der Waals surface area contributed by atoms with Crippen molar-refractivity contribution in [2.45, 2.75) is 19.0 Å². The summed E-state index contributed by atoms with van der Waals surface area (Å²) in [7, 11) is 0. The minimum absolute atomic E-state index is 0.0914. The zero-order chi connectivity index (χ0) is 18.8. The van der Waals surface area contributed by atoms with Gasteiger partial charge in [0.15, 0.2) is 0 Å². The number of rotatable bonds is 3. The molecule has 4 rings (SSSR count). The average Bonchev–Trinajstić information content (AvgIpc) is 3.22. The Morgan fingerprint density at radius 2 is 1.78 bits per heavy atom. The van der Waals surface area contributed by atoms with Crippen molar-refractivity contribution in [2.75, 3.05) is 32.7 Å². The lowest BCUT2D eigenvalue weighted by Crippen LogP contribution is -2.54. The third-order valence-electron chi connectivity index (χ3n) is 5.46. The number of thiophene rings is 1. The molecule has 2 amide bonds. The molecule has 1 aromatic heterocycles. The summed E-state index contributed by atoms with van der Waals surface area (Å²) in [6.07, 6.45) is -0.0114. The second kappa shape index (κ2) is 7.70. The molecule has 1 N–H and O–H groups in total. The molecule has 2 aromatic rings. The first kappa shape index (κ1) is 18.0. The van der Waals surface area contributed by atoms with E-state index in [0.717, 1.165) is 17.8 Å². The van der Waals surface area contributed by atoms with Gasteiger partial charge < -0.3 is 14.9 Å². The van der Waals surface area contributed by atoms with Gasteiger partial charge in [0, 0.05) is 45.3 Å². The second-order valence-corrected chi connectivity index (χ2v) is 8.05. The topological polar surface area (TPSA) is 64.1 Å². The second-order valence-electron chi connectivity index (χ2n) is 7.11. The molecular weight excluding hydrogens is 362 g/mol. The fourth-order valence-electron chi connectivity index (χ4n) is 3.95. The first-order chi connectivity index (χ1) is 13.1. The molecule has 1 atom stereocenters. The van der Waals surface area contributed by atoms with Gasteiger partial charge in [0.2, 0.25) is 0 Å². The van der Waals surface area contributed by atoms with E-state index in [1.165, 1.54) is 27.4 Å². The third kappa shape index (κ3) is 3.84. The summed E-state index contributed by atoms with van der Waals surface area (Å²) in [6, 6.07) is 12.2. The van der Waals surface area contributed by atoms with Crippen LogP contribution >= 0.6 is 11.3 Å². The minimum Gasteiger partial charge on any atom is -0.465 e. The van der Waals surface area contributed by atoms with Gasteiger partial charge in [-0.25, -0.2) is 4.79 Å². The first-order valence-corrected chi connectivity index (χ1v) is 10.1. The number of carbonyl (C=O) groups is 2. The maximum absolute atomic E-state index is 13.1. The molecule has 27 heavy (non-hydrogen) atoms. The zero-order valence-electron chi connectivity index (χ0n) is 15.1. The van der Waals surface area contributed by atoms with Crippen LogP contribution in [-0.2, 0) is 13.0 Å². The zero-order valence-corrected chi connectivity index (χ0v) is 15.9. The van der Waals surface area contributed by atoms with Crippen LogP contribution in [0.25, 0.3) is 0 Å². The van der Waals surface area contributed by atoms with Gasteiger partial charge in [-0.05, 0) is 29.0 Å². The summed E-state index contributed by atoms with van der Waals surface area (Å²) in [4.78, 5) is 30.7. The van der Waals surface area contributed by atoms with Gasteiger partial charge in [0.05, 0.1) is 4.88 Å². The Balaban J connectivity index is 1.51. The summed E-state index contributed by atoms with van der Waals surface area (Å²) in [5, 5.41) is 11.1. The van der Waals surface area contributed by atoms with Crippen LogP contribution in [0.4, 0.5) is 4.79 Å². The van der Waals surface area contributed by atoms with Crippen molar-refractivity contribution in [1.82, 2.24) is 14.7 Å². The molecule has 0 aliphatic carbocycles. The lowest BCUT2D eigenvalue weighted by atomic mass is 9.93. The number of amides is 2. The fraction of sp³-hybridized carbons (Fsp3) is 0.400. The molecule has 0 spiro atoms. The number of carboxylic acid groups (broad SMARTS) is 1. The summed E-state index contributed by atoms with van der Waals surface area (Å²) in [6.45, 7) is 3.89. The van der Waals surface area contributed by atoms with Gasteiger partial charge in [0.1, 0.15) is 0 Å². The lowest BCUT2D eigenvalue weighted by Gasteiger charge is -2.41. The Bertz CT molecular complexity index is 816. The van der Waals surface area contributed by atoms with E-state index in [2.05, 4.69) is 23.1 Å². The summed E-state index contributed by atoms with van der Waals surface area (Å²) in [5.41, 5.74) is 2.52. The van der Waals surface area contributed by atoms with E-state index in [1.807, 2.05) is 28.5 Å². The van der Waals surface area contributed by atoms with Crippen LogP contribution in [0, 0.1) is 0 Å². The first-order valence-electron chi connectivity index (χ1n) is 9.23. The lowest BCUT2D eigenvalue weighted by molar-refractivity contribution is 0.0526. The van der Waals surface area contributed by atoms with Crippen LogP contribution in [0.1, 0.15) is 20.8 Å². The molecule has 1 aromatic carbocycles. The van der Waals surface area contributed by atoms with Crippen LogP contribution in [0.3, 0.4) is 0 Å². The Hall–Kier alpha value is -2.38. The van der Waals surface area contributed by atoms with Crippen molar-refractivity contribution in [3.05, 3.63) is 57.8 Å². The molecule has 1 saturated heterocycles. The van der Waals surface area contributed by atoms with Crippen LogP contribution < -0.4 is 0 Å². The van der Waals surface area contributed by atoms with Gasteiger partial charge in [-0.1, -0.05) is 30.3 Å². The monoisotopic (exact) mass is 385 g/mol. The van der Waals surface area contributed by atoms with Crippen LogP contribution in [0.2, 0.25) is 0 Å². The standard InChI is InChI=1S/C20H23N3O3S/c24-19(18-6-3-11-27-18)23-13-16-5-2-1-4-15(16)12-17(23)14-21-7-9-22(10-8-21)20(25)26/h1-6,11,17H,7-10,12-14H2,(H,25,26)/t17-/m0/s1. The van der Waals surface area contributed by atoms with E-state index < -0.39 is 6.09 Å². The number of nitrogens with zero attached hydrogens (tertiary/aromatic N) is 3. The predicted molar refractivity (Wildman–Crippen MR) is 104 cm³/mol. The van der Waals surface area contributed by atoms with Crippen molar-refractivity contribution < 1.29 is 14.7 Å². The van der Waals surface area contributed by atoms with Crippen LogP contribution in [-0.4, -0.2) is 70.6 Å². The smallest absolute Gasteiger partial charge is 0.407 e. The molecule has 1 fully saturated rings. The van der Waals surface area contributed by atoms with Crippen molar-refractivity contribution >= 4 is 23.3 Å². The maximum atomic E-state index is 13.1. The van der Waals surface area contributed by atoms with E-state index in [9.17, 15) is 9.59 Å². The van der Waals surface area contributed by atoms with Gasteiger partial charge in [-0.3, -0.25) is 9.69 Å². The normalized spacial score (nSPS) is 20.4. The Kier molecular flexibility index (Phi) is 5.13. The van der Waals surface area contributed by atoms with E-state index in [-0.39, 0.29) is 11.9 Å². The van der Waals surface area contributed by atoms with Crippen LogP contribution in [0.5, 0.6) is 0 Å². The quantitative estimate of drug-likeness (QED) is 0.882. The Morgan fingerprint density at radius 3 is 2.44 bits per heavy atom. The molecule has 7 heteroatoms. The number of hydrogen-bond donors (Lipinski definition) is 1. The Morgan fingerprint density at radius 1 is 1.04 bits per heavy atom. The van der Waals surface area contributed by atoms with Gasteiger partial charge in [-0.15, -0.1) is 11.3 Å². The highest BCUT2D eigenvalue weighted by Crippen LogP contribution is 2.27. The fourth-order valence-corrected chi connectivity index (χ4v) is 4.63. The molecule has 142 valence electrons. The molecule has 0 bridgehead atoms. The molecule has 0 saturated carbocycles. The third-order valence-corrected chi connectivity index (χ3v) is 6.32. The molecule has 3 heterocycles. The number of benzene rings is 1. The van der Waals surface area contributed by atoms with E-state index in [1.54, 1.807) is 0 Å². The highest BCUT2D eigenvalue weighted by atomic mass is 32.1. The van der Waals surface area contributed by atoms with Crippen molar-refractivity contribution in [2.24, 2.45) is 0 Å². The molecule has 0 unspecified atom stereocenters. The van der Waals surface area contributed by atoms with E-state index in [4.69, 9.17) is 5.11 Å². The SMILES string of the molecule is O=C(O)N1CCN(C[C@@H]2Cc3ccccc3CN2C(=O)c2cccs2)CC1. The number of hydrogen-bond acceptors (Lipinski definition) is 4. The predicted octanol–water partition coefficient (Wildman–Crippen LogP) is 2.61. The molecule has 2 aliphatic rings. The summed E-state index contributed by atoms with van der Waals surface area (Å²) < 4.78 is 0. The van der Waals surface area contributed by atoms with Crippen molar-refractivity contribution in [3.8, 4) is 0 Å². The summed E-state index contributed by atoms with van der Waals surface area (Å²) >= 11 is 1.48. The minimum atomic E-state index is -0.851. The maximum Gasteiger partial charge on any atom is 0.407 e. The van der Waals surface area contributed by atoms with Crippen molar-refractivity contribution in [1.29, 1.82) is 0 Å². The highest BCUT2D eigenvalue weighted by molar-refractivity contribution is 7.12. The number of fused-ring (bicyclic) bond motifs is 1. The van der Waals surface area contributed by atoms with E-state index in [0.29, 0.717) is 32.7 Å². The summed E-state index contributed by atoms with van der Waals surface area (Å²) in [5.74, 6) is 0.0914. The van der Waals surface area contributed by atoms with Gasteiger partial charge in [0.25, 0.3) is 5.91 Å². The van der Waals surface area contributed by atoms with Crippen molar-refractivity contribution in [3.63, 3.8) is 0 Å². The number of piperazine rings is 1.